The molecule has 1 amide bonds. The molecule has 0 spiro atoms. The molecule has 0 fully saturated rings. The molecule has 1 atom stereocenters. The number of hydrogen-bond acceptors (Lipinski definition) is 3. The monoisotopic (exact) mass is 572 g/mol. The molecule has 5 rings (SSSR count). The van der Waals surface area contributed by atoms with Gasteiger partial charge in [0.1, 0.15) is 18.3 Å². The topological polar surface area (TPSA) is 82.1 Å². The Bertz CT molecular complexity index is 1880. The molecule has 42 heavy (non-hydrogen) atoms. The Morgan fingerprint density at radius 2 is 1.74 bits per heavy atom. The zero-order chi connectivity index (χ0) is 30.2. The maximum Gasteiger partial charge on any atom is 0.416 e. The highest BCUT2D eigenvalue weighted by molar-refractivity contribution is 6.00. The van der Waals surface area contributed by atoms with Crippen LogP contribution in [0, 0.1) is 6.57 Å². The van der Waals surface area contributed by atoms with Gasteiger partial charge in [0, 0.05) is 19.2 Å². The van der Waals surface area contributed by atoms with Crippen LogP contribution in [0.4, 0.5) is 18.9 Å². The molecular formula is C30H25F3N7O2+. The number of amides is 1. The second kappa shape index (κ2) is 10.9. The third-order valence-corrected chi connectivity index (χ3v) is 6.87. The average Bonchev–Trinajstić information content (AvgIpc) is 3.54. The zero-order valence-electron chi connectivity index (χ0n) is 22.8. The van der Waals surface area contributed by atoms with E-state index in [4.69, 9.17) is 6.57 Å². The van der Waals surface area contributed by atoms with Crippen molar-refractivity contribution in [2.24, 2.45) is 14.1 Å². The molecule has 0 saturated heterocycles. The Hall–Kier alpha value is -5.44. The van der Waals surface area contributed by atoms with E-state index in [2.05, 4.69) is 15.3 Å². The van der Waals surface area contributed by atoms with Crippen LogP contribution < -0.4 is 15.4 Å². The van der Waals surface area contributed by atoms with Gasteiger partial charge in [-0.1, -0.05) is 18.2 Å². The first-order valence-electron chi connectivity index (χ1n) is 12.8. The van der Waals surface area contributed by atoms with Gasteiger partial charge in [-0.2, -0.15) is 18.3 Å². The maximum atomic E-state index is 13.9. The number of alkyl halides is 3. The van der Waals surface area contributed by atoms with E-state index in [1.54, 1.807) is 37.3 Å². The highest BCUT2D eigenvalue weighted by Gasteiger charge is 2.32. The summed E-state index contributed by atoms with van der Waals surface area (Å²) in [5.74, 6) is -0.701. The van der Waals surface area contributed by atoms with Crippen molar-refractivity contribution in [3.05, 3.63) is 124 Å². The molecule has 0 aliphatic carbocycles. The number of nitrogens with one attached hydrogen (secondary N) is 1. The Balaban J connectivity index is 1.69. The summed E-state index contributed by atoms with van der Waals surface area (Å²) in [6.45, 7) is 8.97. The van der Waals surface area contributed by atoms with E-state index in [1.165, 1.54) is 34.7 Å². The van der Waals surface area contributed by atoms with Gasteiger partial charge in [0.05, 0.1) is 41.4 Å². The molecule has 1 N–H and O–H groups in total. The highest BCUT2D eigenvalue weighted by atomic mass is 19.4. The minimum atomic E-state index is -4.63. The van der Waals surface area contributed by atoms with E-state index in [1.807, 2.05) is 36.1 Å². The van der Waals surface area contributed by atoms with Crippen LogP contribution in [0.3, 0.4) is 0 Å². The Morgan fingerprint density at radius 1 is 1.05 bits per heavy atom. The van der Waals surface area contributed by atoms with Gasteiger partial charge in [0.2, 0.25) is 0 Å². The second-order valence-electron chi connectivity index (χ2n) is 9.66. The van der Waals surface area contributed by atoms with Crippen LogP contribution in [0.1, 0.15) is 34.5 Å². The number of aromatic nitrogens is 5. The van der Waals surface area contributed by atoms with Gasteiger partial charge in [0.15, 0.2) is 18.1 Å². The Morgan fingerprint density at radius 3 is 2.38 bits per heavy atom. The lowest BCUT2D eigenvalue weighted by molar-refractivity contribution is -0.671. The standard InChI is InChI=1S/C30H24F3N7O2/c1-19(20-13-16-37(3)17-14-20)36-28(41)26-27(25-12-15-35-39(25)23-10-8-22(34-2)9-11-23)38(4)40(29(26)42)24-7-5-6-21(18-24)30(31,32)33/h5-19H,1,3-4H3/p+1. The summed E-state index contributed by atoms with van der Waals surface area (Å²) in [5, 5.41) is 7.23. The fourth-order valence-corrected chi connectivity index (χ4v) is 4.72. The van der Waals surface area contributed by atoms with Gasteiger partial charge in [-0.05, 0) is 48.9 Å². The van der Waals surface area contributed by atoms with Crippen molar-refractivity contribution in [1.29, 1.82) is 0 Å². The van der Waals surface area contributed by atoms with E-state index in [0.717, 1.165) is 22.4 Å². The van der Waals surface area contributed by atoms with Crippen molar-refractivity contribution in [3.8, 4) is 22.8 Å². The smallest absolute Gasteiger partial charge is 0.345 e. The van der Waals surface area contributed by atoms with Crippen LogP contribution >= 0.6 is 0 Å². The SMILES string of the molecule is [C-]#[N+]c1ccc(-n2nccc2-c2c(C(=O)NC(C)c3cc[n+](C)cc3)c(=O)n(-c3cccc(C(F)(F)F)c3)n2C)cc1. The molecule has 0 aliphatic heterocycles. The minimum Gasteiger partial charge on any atom is -0.345 e. The van der Waals surface area contributed by atoms with Gasteiger partial charge >= 0.3 is 6.18 Å². The number of carbonyl (C=O) groups excluding carboxylic acids is 1. The molecule has 1 unspecified atom stereocenters. The largest absolute Gasteiger partial charge is 0.416 e. The van der Waals surface area contributed by atoms with Gasteiger partial charge in [0.25, 0.3) is 11.5 Å². The second-order valence-corrected chi connectivity index (χ2v) is 9.66. The molecule has 9 nitrogen and oxygen atoms in total. The van der Waals surface area contributed by atoms with Crippen molar-refractivity contribution in [2.45, 2.75) is 19.1 Å². The minimum absolute atomic E-state index is 0.0614. The van der Waals surface area contributed by atoms with Crippen LogP contribution in [0.25, 0.3) is 27.6 Å². The van der Waals surface area contributed by atoms with Gasteiger partial charge in [-0.25, -0.2) is 18.8 Å². The first-order valence-corrected chi connectivity index (χ1v) is 12.8. The molecule has 0 radical (unpaired) electrons. The number of hydrogen-bond donors (Lipinski definition) is 1. The van der Waals surface area contributed by atoms with E-state index in [9.17, 15) is 22.8 Å². The number of halogens is 3. The molecule has 12 heteroatoms. The molecule has 2 aromatic carbocycles. The number of aryl methyl sites for hydroxylation is 1. The number of pyridine rings is 1. The van der Waals surface area contributed by atoms with E-state index < -0.39 is 29.2 Å². The van der Waals surface area contributed by atoms with Crippen LogP contribution in [-0.4, -0.2) is 25.1 Å². The first-order chi connectivity index (χ1) is 20.0. The number of rotatable bonds is 6. The number of nitrogens with zero attached hydrogens (tertiary/aromatic N) is 6. The fourth-order valence-electron chi connectivity index (χ4n) is 4.72. The predicted molar refractivity (Wildman–Crippen MR) is 148 cm³/mol. The lowest BCUT2D eigenvalue weighted by Gasteiger charge is -2.15. The summed E-state index contributed by atoms with van der Waals surface area (Å²) in [6, 6.07) is 15.7. The summed E-state index contributed by atoms with van der Waals surface area (Å²) in [4.78, 5) is 31.1. The van der Waals surface area contributed by atoms with Crippen molar-refractivity contribution in [1.82, 2.24) is 24.5 Å². The molecule has 212 valence electrons. The third kappa shape index (κ3) is 5.19. The summed E-state index contributed by atoms with van der Waals surface area (Å²) in [6.07, 6.45) is 0.499. The predicted octanol–water partition coefficient (Wildman–Crippen LogP) is 4.91. The molecule has 0 bridgehead atoms. The lowest BCUT2D eigenvalue weighted by atomic mass is 10.1. The van der Waals surface area contributed by atoms with Crippen molar-refractivity contribution in [3.63, 3.8) is 0 Å². The maximum absolute atomic E-state index is 13.9. The lowest BCUT2D eigenvalue weighted by Crippen LogP contribution is -2.33. The van der Waals surface area contributed by atoms with Crippen molar-refractivity contribution in [2.75, 3.05) is 0 Å². The van der Waals surface area contributed by atoms with Crippen LogP contribution in [0.2, 0.25) is 0 Å². The highest BCUT2D eigenvalue weighted by Crippen LogP contribution is 2.31. The molecule has 3 aromatic heterocycles. The number of benzene rings is 2. The fraction of sp³-hybridized carbons (Fsp3) is 0.167. The molecule has 0 saturated carbocycles. The van der Waals surface area contributed by atoms with E-state index in [-0.39, 0.29) is 16.9 Å². The van der Waals surface area contributed by atoms with E-state index >= 15 is 0 Å². The average molecular weight is 573 g/mol. The van der Waals surface area contributed by atoms with Crippen LogP contribution in [-0.2, 0) is 20.3 Å². The summed E-state index contributed by atoms with van der Waals surface area (Å²) >= 11 is 0. The zero-order valence-corrected chi connectivity index (χ0v) is 22.8. The Kier molecular flexibility index (Phi) is 7.26. The van der Waals surface area contributed by atoms with Gasteiger partial charge in [-0.15, -0.1) is 0 Å². The number of carbonyl (C=O) groups is 1. The molecular weight excluding hydrogens is 547 g/mol. The van der Waals surface area contributed by atoms with E-state index in [0.29, 0.717) is 17.1 Å². The van der Waals surface area contributed by atoms with Crippen LogP contribution in [0.5, 0.6) is 0 Å². The quantitative estimate of drug-likeness (QED) is 0.232. The normalized spacial score (nSPS) is 12.1. The Labute approximate surface area is 238 Å². The summed E-state index contributed by atoms with van der Waals surface area (Å²) in [7, 11) is 3.35. The summed E-state index contributed by atoms with van der Waals surface area (Å²) < 4.78 is 46.4. The first kappa shape index (κ1) is 28.1. The third-order valence-electron chi connectivity index (χ3n) is 6.87. The molecule has 5 aromatic rings. The molecule has 3 heterocycles. The van der Waals surface area contributed by atoms with Crippen molar-refractivity contribution >= 4 is 11.6 Å². The molecule has 0 aliphatic rings. The van der Waals surface area contributed by atoms with Gasteiger partial charge in [-0.3, -0.25) is 14.3 Å². The van der Waals surface area contributed by atoms with Gasteiger partial charge < -0.3 is 5.32 Å². The summed E-state index contributed by atoms with van der Waals surface area (Å²) in [5.41, 5.74) is 0.202. The van der Waals surface area contributed by atoms with Crippen LogP contribution in [0.15, 0.2) is 90.1 Å². The van der Waals surface area contributed by atoms with Crippen molar-refractivity contribution < 1.29 is 22.5 Å².